The van der Waals surface area contributed by atoms with Crippen molar-refractivity contribution < 1.29 is 13.2 Å². The molecule has 0 aliphatic rings. The van der Waals surface area contributed by atoms with E-state index >= 15 is 0 Å². The molecule has 8 nitrogen and oxygen atoms in total. The molecule has 3 N–H and O–H groups in total. The summed E-state index contributed by atoms with van der Waals surface area (Å²) in [6, 6.07) is 23.5. The van der Waals surface area contributed by atoms with Crippen LogP contribution in [-0.4, -0.2) is 34.3 Å². The second-order valence-electron chi connectivity index (χ2n) is 7.67. The van der Waals surface area contributed by atoms with Gasteiger partial charge in [-0.05, 0) is 44.2 Å². The summed E-state index contributed by atoms with van der Waals surface area (Å²) >= 11 is 1.26. The lowest BCUT2D eigenvalue weighted by molar-refractivity contribution is -0.115. The molecule has 174 valence electrons. The average Bonchev–Trinajstić information content (AvgIpc) is 3.23. The molecule has 0 fully saturated rings. The van der Waals surface area contributed by atoms with Gasteiger partial charge in [0.15, 0.2) is 11.0 Å². The summed E-state index contributed by atoms with van der Waals surface area (Å²) in [5, 5.41) is 16.7. The Morgan fingerprint density at radius 1 is 1.00 bits per heavy atom. The molecule has 0 bridgehead atoms. The van der Waals surface area contributed by atoms with E-state index in [1.165, 1.54) is 30.0 Å². The lowest BCUT2D eigenvalue weighted by atomic mass is 10.2. The normalized spacial score (nSPS) is 12.3. The molecule has 0 saturated heterocycles. The highest BCUT2D eigenvalue weighted by Gasteiger charge is 2.22. The maximum absolute atomic E-state index is 12.9. The highest BCUT2D eigenvalue weighted by Crippen LogP contribution is 2.30. The molecular weight excluding hydrogens is 470 g/mol. The summed E-state index contributed by atoms with van der Waals surface area (Å²) in [5.74, 6) is 0.358. The molecule has 4 aromatic rings. The molecule has 0 aliphatic heterocycles. The fourth-order valence-electron chi connectivity index (χ4n) is 3.25. The van der Waals surface area contributed by atoms with Crippen molar-refractivity contribution >= 4 is 33.4 Å². The third kappa shape index (κ3) is 5.36. The quantitative estimate of drug-likeness (QED) is 0.375. The van der Waals surface area contributed by atoms with Gasteiger partial charge < -0.3 is 5.32 Å². The van der Waals surface area contributed by atoms with E-state index in [0.717, 1.165) is 16.8 Å². The zero-order valence-electron chi connectivity index (χ0n) is 18.5. The number of thioether (sulfide) groups is 1. The maximum atomic E-state index is 12.9. The molecular formula is C24H23N5O3S2. The molecule has 1 aromatic heterocycles. The second kappa shape index (κ2) is 9.80. The number of rotatable bonds is 7. The van der Waals surface area contributed by atoms with Gasteiger partial charge in [-0.2, -0.15) is 0 Å². The number of nitrogens with zero attached hydrogens (tertiary/aromatic N) is 3. The number of aromatic nitrogens is 3. The Morgan fingerprint density at radius 2 is 1.71 bits per heavy atom. The number of hydrogen-bond acceptors (Lipinski definition) is 6. The number of nitrogens with one attached hydrogen (secondary N) is 1. The molecule has 4 rings (SSSR count). The summed E-state index contributed by atoms with van der Waals surface area (Å²) in [6.07, 6.45) is 0. The zero-order valence-corrected chi connectivity index (χ0v) is 20.2. The number of carbonyl (C=O) groups is 1. The molecule has 34 heavy (non-hydrogen) atoms. The van der Waals surface area contributed by atoms with Gasteiger partial charge in [0, 0.05) is 16.9 Å². The molecule has 0 saturated carbocycles. The van der Waals surface area contributed by atoms with E-state index in [2.05, 4.69) is 15.5 Å². The third-order valence-corrected chi connectivity index (χ3v) is 6.99. The van der Waals surface area contributed by atoms with E-state index in [-0.39, 0.29) is 10.8 Å². The topological polar surface area (TPSA) is 120 Å². The van der Waals surface area contributed by atoms with Gasteiger partial charge in [0.2, 0.25) is 15.9 Å². The minimum absolute atomic E-state index is 0.0720. The second-order valence-corrected chi connectivity index (χ2v) is 10.5. The van der Waals surface area contributed by atoms with Gasteiger partial charge in [0.05, 0.1) is 10.1 Å². The number of aryl methyl sites for hydroxylation is 1. The van der Waals surface area contributed by atoms with Crippen LogP contribution in [-0.2, 0) is 14.8 Å². The van der Waals surface area contributed by atoms with Gasteiger partial charge in [-0.1, -0.05) is 65.9 Å². The number of hydrogen-bond donors (Lipinski definition) is 2. The lowest BCUT2D eigenvalue weighted by Crippen LogP contribution is -2.23. The van der Waals surface area contributed by atoms with Gasteiger partial charge in [0.1, 0.15) is 0 Å². The van der Waals surface area contributed by atoms with Gasteiger partial charge in [-0.15, -0.1) is 10.2 Å². The van der Waals surface area contributed by atoms with Crippen molar-refractivity contribution in [3.05, 3.63) is 84.4 Å². The van der Waals surface area contributed by atoms with E-state index < -0.39 is 15.3 Å². The van der Waals surface area contributed by atoms with Gasteiger partial charge >= 0.3 is 0 Å². The minimum Gasteiger partial charge on any atom is -0.325 e. The van der Waals surface area contributed by atoms with Gasteiger partial charge in [0.25, 0.3) is 0 Å². The van der Waals surface area contributed by atoms with Crippen LogP contribution in [0.2, 0.25) is 0 Å². The van der Waals surface area contributed by atoms with Crippen LogP contribution in [0, 0.1) is 6.92 Å². The van der Waals surface area contributed by atoms with Crippen molar-refractivity contribution in [2.45, 2.75) is 29.1 Å². The van der Waals surface area contributed by atoms with E-state index in [9.17, 15) is 13.2 Å². The lowest BCUT2D eigenvalue weighted by Gasteiger charge is -2.14. The maximum Gasteiger partial charge on any atom is 0.238 e. The summed E-state index contributed by atoms with van der Waals surface area (Å²) in [5.41, 5.74) is 3.25. The number of amides is 1. The van der Waals surface area contributed by atoms with Gasteiger partial charge in [-0.3, -0.25) is 9.36 Å². The summed E-state index contributed by atoms with van der Waals surface area (Å²) in [7, 11) is -3.87. The van der Waals surface area contributed by atoms with Crippen LogP contribution in [0.3, 0.4) is 0 Å². The van der Waals surface area contributed by atoms with Crippen LogP contribution >= 0.6 is 11.8 Å². The zero-order chi connectivity index (χ0) is 24.3. The predicted molar refractivity (Wildman–Crippen MR) is 133 cm³/mol. The molecule has 0 aliphatic carbocycles. The van der Waals surface area contributed by atoms with E-state index in [1.807, 2.05) is 66.1 Å². The Morgan fingerprint density at radius 3 is 2.38 bits per heavy atom. The number of sulfonamides is 1. The van der Waals surface area contributed by atoms with Crippen molar-refractivity contribution in [1.82, 2.24) is 14.8 Å². The highest BCUT2D eigenvalue weighted by atomic mass is 32.2. The van der Waals surface area contributed by atoms with Crippen molar-refractivity contribution in [1.29, 1.82) is 0 Å². The number of primary sulfonamides is 1. The van der Waals surface area contributed by atoms with Crippen LogP contribution < -0.4 is 10.5 Å². The number of anilines is 1. The van der Waals surface area contributed by atoms with Crippen LogP contribution in [0.25, 0.3) is 17.1 Å². The van der Waals surface area contributed by atoms with E-state index in [4.69, 9.17) is 5.14 Å². The molecule has 1 heterocycles. The smallest absolute Gasteiger partial charge is 0.238 e. The van der Waals surface area contributed by atoms with Crippen molar-refractivity contribution in [2.75, 3.05) is 5.32 Å². The monoisotopic (exact) mass is 493 g/mol. The number of carbonyl (C=O) groups excluding carboxylic acids is 1. The molecule has 0 spiro atoms. The third-order valence-electron chi connectivity index (χ3n) is 5.04. The minimum atomic E-state index is -3.87. The standard InChI is InChI=1S/C24H23N5O3S2/c1-16-11-13-20(14-12-16)29-22(18-7-4-3-5-8-18)27-28-24(29)33-17(2)23(30)26-19-9-6-10-21(15-19)34(25,31)32/h3-15,17H,1-2H3,(H,26,30)(H2,25,31,32). The SMILES string of the molecule is Cc1ccc(-n2c(SC(C)C(=O)Nc3cccc(S(N)(=O)=O)c3)nnc2-c2ccccc2)cc1. The van der Waals surface area contributed by atoms with Crippen LogP contribution in [0.5, 0.6) is 0 Å². The first-order chi connectivity index (χ1) is 16.2. The number of nitrogens with two attached hydrogens (primary N) is 1. The predicted octanol–water partition coefficient (Wildman–Crippen LogP) is 4.01. The summed E-state index contributed by atoms with van der Waals surface area (Å²) in [4.78, 5) is 12.8. The van der Waals surface area contributed by atoms with Crippen LogP contribution in [0.1, 0.15) is 12.5 Å². The Hall–Kier alpha value is -3.47. The van der Waals surface area contributed by atoms with Gasteiger partial charge in [-0.25, -0.2) is 13.6 Å². The fourth-order valence-corrected chi connectivity index (χ4v) is 4.68. The van der Waals surface area contributed by atoms with Crippen molar-refractivity contribution in [2.24, 2.45) is 5.14 Å². The van der Waals surface area contributed by atoms with Crippen LogP contribution in [0.15, 0.2) is 88.9 Å². The molecule has 10 heteroatoms. The molecule has 1 atom stereocenters. The molecule has 0 radical (unpaired) electrons. The Kier molecular flexibility index (Phi) is 6.82. The first kappa shape index (κ1) is 23.7. The molecule has 1 amide bonds. The van der Waals surface area contributed by atoms with E-state index in [1.54, 1.807) is 13.0 Å². The first-order valence-corrected chi connectivity index (χ1v) is 12.8. The Labute approximate surface area is 202 Å². The Bertz CT molecular complexity index is 1420. The largest absolute Gasteiger partial charge is 0.325 e. The first-order valence-electron chi connectivity index (χ1n) is 10.4. The molecule has 3 aromatic carbocycles. The molecule has 1 unspecified atom stereocenters. The van der Waals surface area contributed by atoms with Crippen LogP contribution in [0.4, 0.5) is 5.69 Å². The Balaban J connectivity index is 1.61. The fraction of sp³-hybridized carbons (Fsp3) is 0.125. The van der Waals surface area contributed by atoms with E-state index in [0.29, 0.717) is 16.7 Å². The highest BCUT2D eigenvalue weighted by molar-refractivity contribution is 8.00. The van der Waals surface area contributed by atoms with Crippen molar-refractivity contribution in [3.8, 4) is 17.1 Å². The average molecular weight is 494 g/mol. The summed E-state index contributed by atoms with van der Waals surface area (Å²) < 4.78 is 25.1. The summed E-state index contributed by atoms with van der Waals surface area (Å²) in [6.45, 7) is 3.76. The number of benzene rings is 3. The van der Waals surface area contributed by atoms with Crippen molar-refractivity contribution in [3.63, 3.8) is 0 Å².